The summed E-state index contributed by atoms with van der Waals surface area (Å²) in [5.74, 6) is 0.592. The first kappa shape index (κ1) is 14.5. The number of ether oxygens (including phenoxy) is 1. The molecule has 0 bridgehead atoms. The van der Waals surface area contributed by atoms with Crippen molar-refractivity contribution < 1.29 is 9.13 Å². The summed E-state index contributed by atoms with van der Waals surface area (Å²) < 4.78 is 19.3. The summed E-state index contributed by atoms with van der Waals surface area (Å²) in [6.45, 7) is 1.99. The number of benzene rings is 2. The van der Waals surface area contributed by atoms with E-state index in [-0.39, 0.29) is 10.6 Å². The van der Waals surface area contributed by atoms with Crippen LogP contribution in [0.4, 0.5) is 4.39 Å². The van der Waals surface area contributed by atoms with Gasteiger partial charge in [0.1, 0.15) is 11.6 Å². The summed E-state index contributed by atoms with van der Waals surface area (Å²) in [4.78, 5) is -0.0674. The molecular weight excluding hydrogens is 375 g/mol. The molecule has 0 spiro atoms. The van der Waals surface area contributed by atoms with Gasteiger partial charge in [-0.1, -0.05) is 40.2 Å². The van der Waals surface area contributed by atoms with Gasteiger partial charge in [-0.3, -0.25) is 0 Å². The number of aryl methyl sites for hydroxylation is 1. The van der Waals surface area contributed by atoms with Gasteiger partial charge < -0.3 is 4.74 Å². The Morgan fingerprint density at radius 2 is 1.95 bits per heavy atom. The van der Waals surface area contributed by atoms with Crippen molar-refractivity contribution in [1.82, 2.24) is 0 Å². The molecule has 0 aromatic heterocycles. The lowest BCUT2D eigenvalue weighted by atomic mass is 10.0. The largest absolute Gasteiger partial charge is 0.496 e. The Morgan fingerprint density at radius 1 is 1.21 bits per heavy atom. The van der Waals surface area contributed by atoms with Crippen molar-refractivity contribution >= 4 is 31.9 Å². The van der Waals surface area contributed by atoms with Gasteiger partial charge in [0.2, 0.25) is 0 Å². The van der Waals surface area contributed by atoms with Crippen molar-refractivity contribution in [2.45, 2.75) is 11.8 Å². The molecular formula is C15H13Br2FO. The molecule has 19 heavy (non-hydrogen) atoms. The van der Waals surface area contributed by atoms with Crippen LogP contribution in [-0.4, -0.2) is 7.11 Å². The zero-order valence-corrected chi connectivity index (χ0v) is 13.8. The van der Waals surface area contributed by atoms with Crippen LogP contribution >= 0.6 is 31.9 Å². The average molecular weight is 388 g/mol. The molecule has 0 amide bonds. The van der Waals surface area contributed by atoms with Gasteiger partial charge in [-0.15, -0.1) is 0 Å². The SMILES string of the molecule is COc1ccc(C(Br)c2cccc(F)c2Br)cc1C. The van der Waals surface area contributed by atoms with Crippen LogP contribution < -0.4 is 4.74 Å². The van der Waals surface area contributed by atoms with Gasteiger partial charge >= 0.3 is 0 Å². The van der Waals surface area contributed by atoms with E-state index in [0.717, 1.165) is 22.4 Å². The number of halogens is 3. The van der Waals surface area contributed by atoms with E-state index in [1.165, 1.54) is 6.07 Å². The highest BCUT2D eigenvalue weighted by Crippen LogP contribution is 2.37. The summed E-state index contributed by atoms with van der Waals surface area (Å²) in [6.07, 6.45) is 0. The minimum Gasteiger partial charge on any atom is -0.496 e. The lowest BCUT2D eigenvalue weighted by Crippen LogP contribution is -1.97. The number of rotatable bonds is 3. The quantitative estimate of drug-likeness (QED) is 0.641. The Morgan fingerprint density at radius 3 is 2.58 bits per heavy atom. The summed E-state index contributed by atoms with van der Waals surface area (Å²) in [5.41, 5.74) is 2.98. The van der Waals surface area contributed by atoms with Crippen molar-refractivity contribution in [3.63, 3.8) is 0 Å². The first-order chi connectivity index (χ1) is 9.04. The molecule has 0 radical (unpaired) electrons. The molecule has 2 aromatic carbocycles. The average Bonchev–Trinajstić information content (AvgIpc) is 2.41. The second kappa shape index (κ2) is 6.06. The van der Waals surface area contributed by atoms with Gasteiger partial charge in [-0.05, 0) is 51.7 Å². The van der Waals surface area contributed by atoms with Crippen LogP contribution in [0.2, 0.25) is 0 Å². The third-order valence-electron chi connectivity index (χ3n) is 2.97. The summed E-state index contributed by atoms with van der Waals surface area (Å²) in [7, 11) is 1.65. The molecule has 0 aliphatic carbocycles. The molecule has 1 nitrogen and oxygen atoms in total. The van der Waals surface area contributed by atoms with Crippen LogP contribution in [-0.2, 0) is 0 Å². The highest BCUT2D eigenvalue weighted by atomic mass is 79.9. The zero-order chi connectivity index (χ0) is 14.0. The van der Waals surface area contributed by atoms with Gasteiger partial charge in [0.15, 0.2) is 0 Å². The first-order valence-corrected chi connectivity index (χ1v) is 7.48. The number of hydrogen-bond acceptors (Lipinski definition) is 1. The van der Waals surface area contributed by atoms with Crippen LogP contribution in [0, 0.1) is 12.7 Å². The van der Waals surface area contributed by atoms with Crippen LogP contribution in [0.15, 0.2) is 40.9 Å². The van der Waals surface area contributed by atoms with Crippen molar-refractivity contribution in [2.75, 3.05) is 7.11 Å². The number of methoxy groups -OCH3 is 1. The number of hydrogen-bond donors (Lipinski definition) is 0. The molecule has 1 unspecified atom stereocenters. The fourth-order valence-electron chi connectivity index (χ4n) is 1.96. The van der Waals surface area contributed by atoms with Gasteiger partial charge in [-0.25, -0.2) is 4.39 Å². The molecule has 0 aliphatic heterocycles. The fourth-order valence-corrected chi connectivity index (χ4v) is 3.42. The predicted molar refractivity (Wildman–Crippen MR) is 82.6 cm³/mol. The maximum Gasteiger partial charge on any atom is 0.137 e. The van der Waals surface area contributed by atoms with Gasteiger partial charge in [-0.2, -0.15) is 0 Å². The molecule has 0 saturated heterocycles. The Bertz CT molecular complexity index is 599. The van der Waals surface area contributed by atoms with E-state index < -0.39 is 0 Å². The van der Waals surface area contributed by atoms with E-state index in [1.807, 2.05) is 31.2 Å². The lowest BCUT2D eigenvalue weighted by molar-refractivity contribution is 0.411. The molecule has 0 N–H and O–H groups in total. The predicted octanol–water partition coefficient (Wildman–Crippen LogP) is 5.39. The van der Waals surface area contributed by atoms with Crippen LogP contribution in [0.1, 0.15) is 21.5 Å². The molecule has 2 rings (SSSR count). The molecule has 100 valence electrons. The van der Waals surface area contributed by atoms with E-state index >= 15 is 0 Å². The standard InChI is InChI=1S/C15H13Br2FO/c1-9-8-10(6-7-13(9)19-2)14(16)11-4-3-5-12(18)15(11)17/h3-8,14H,1-2H3. The smallest absolute Gasteiger partial charge is 0.137 e. The maximum atomic E-state index is 13.6. The molecule has 0 fully saturated rings. The highest BCUT2D eigenvalue weighted by Gasteiger charge is 2.16. The Balaban J connectivity index is 2.41. The topological polar surface area (TPSA) is 9.23 Å². The van der Waals surface area contributed by atoms with E-state index in [2.05, 4.69) is 31.9 Å². The van der Waals surface area contributed by atoms with Crippen molar-refractivity contribution in [3.05, 3.63) is 63.4 Å². The van der Waals surface area contributed by atoms with E-state index in [1.54, 1.807) is 13.2 Å². The second-order valence-electron chi connectivity index (χ2n) is 4.23. The molecule has 0 heterocycles. The van der Waals surface area contributed by atoms with Crippen molar-refractivity contribution in [3.8, 4) is 5.75 Å². The molecule has 0 aliphatic rings. The highest BCUT2D eigenvalue weighted by molar-refractivity contribution is 9.11. The van der Waals surface area contributed by atoms with Crippen molar-refractivity contribution in [1.29, 1.82) is 0 Å². The molecule has 0 saturated carbocycles. The van der Waals surface area contributed by atoms with Crippen LogP contribution in [0.5, 0.6) is 5.75 Å². The normalized spacial score (nSPS) is 12.3. The van der Waals surface area contributed by atoms with E-state index in [0.29, 0.717) is 4.47 Å². The summed E-state index contributed by atoms with van der Waals surface area (Å²) >= 11 is 6.92. The zero-order valence-electron chi connectivity index (χ0n) is 10.6. The van der Waals surface area contributed by atoms with Gasteiger partial charge in [0.05, 0.1) is 16.4 Å². The molecule has 1 atom stereocenters. The fraction of sp³-hybridized carbons (Fsp3) is 0.200. The monoisotopic (exact) mass is 386 g/mol. The third-order valence-corrected chi connectivity index (χ3v) is 4.82. The summed E-state index contributed by atoms with van der Waals surface area (Å²) in [6, 6.07) is 11.0. The second-order valence-corrected chi connectivity index (χ2v) is 5.94. The molecule has 4 heteroatoms. The lowest BCUT2D eigenvalue weighted by Gasteiger charge is -2.15. The Kier molecular flexibility index (Phi) is 4.63. The molecule has 2 aromatic rings. The van der Waals surface area contributed by atoms with Crippen LogP contribution in [0.3, 0.4) is 0 Å². The summed E-state index contributed by atoms with van der Waals surface area (Å²) in [5, 5.41) is 0. The Labute approximate surface area is 129 Å². The maximum absolute atomic E-state index is 13.6. The van der Waals surface area contributed by atoms with E-state index in [9.17, 15) is 4.39 Å². The minimum absolute atomic E-state index is 0.0674. The van der Waals surface area contributed by atoms with E-state index in [4.69, 9.17) is 4.74 Å². The van der Waals surface area contributed by atoms with Crippen molar-refractivity contribution in [2.24, 2.45) is 0 Å². The minimum atomic E-state index is -0.257. The van der Waals surface area contributed by atoms with Gasteiger partial charge in [0.25, 0.3) is 0 Å². The van der Waals surface area contributed by atoms with Gasteiger partial charge in [0, 0.05) is 0 Å². The Hall–Kier alpha value is -0.870. The first-order valence-electron chi connectivity index (χ1n) is 5.77. The van der Waals surface area contributed by atoms with Crippen LogP contribution in [0.25, 0.3) is 0 Å². The third kappa shape index (κ3) is 3.00. The number of alkyl halides is 1.